The van der Waals surface area contributed by atoms with Crippen LogP contribution in [0.1, 0.15) is 40.7 Å². The first-order valence-electron chi connectivity index (χ1n) is 10.8. The second-order valence-electron chi connectivity index (χ2n) is 9.03. The van der Waals surface area contributed by atoms with Crippen LogP contribution in [0.3, 0.4) is 0 Å². The van der Waals surface area contributed by atoms with Crippen LogP contribution in [0, 0.1) is 12.8 Å². The Morgan fingerprint density at radius 1 is 1.16 bits per heavy atom. The highest BCUT2D eigenvalue weighted by molar-refractivity contribution is 9.10. The fourth-order valence-corrected chi connectivity index (χ4v) is 5.75. The Hall–Kier alpha value is -2.05. The van der Waals surface area contributed by atoms with Crippen LogP contribution in [-0.2, 0) is 5.41 Å². The zero-order chi connectivity index (χ0) is 22.2. The summed E-state index contributed by atoms with van der Waals surface area (Å²) in [6.07, 6.45) is 3.00. The minimum absolute atomic E-state index is 0.0190. The molecular weight excluding hydrogens is 456 g/mol. The molecule has 5 nitrogen and oxygen atoms in total. The molecule has 2 aromatic carbocycles. The number of ether oxygens (including phenoxy) is 2. The van der Waals surface area contributed by atoms with Crippen molar-refractivity contribution in [3.8, 4) is 11.5 Å². The first-order valence-corrected chi connectivity index (χ1v) is 11.6. The second-order valence-corrected chi connectivity index (χ2v) is 9.88. The highest BCUT2D eigenvalue weighted by Crippen LogP contribution is 2.49. The molecule has 2 aliphatic rings. The van der Waals surface area contributed by atoms with Crippen molar-refractivity contribution >= 4 is 21.8 Å². The Labute approximate surface area is 193 Å². The van der Waals surface area contributed by atoms with E-state index >= 15 is 0 Å². The number of hydrogen-bond donors (Lipinski definition) is 1. The van der Waals surface area contributed by atoms with Gasteiger partial charge in [-0.05, 0) is 80.6 Å². The molecular formula is C25H31BrN2O3. The normalized spacial score (nSPS) is 25.7. The maximum absolute atomic E-state index is 12.9. The summed E-state index contributed by atoms with van der Waals surface area (Å²) in [6.45, 7) is 4.07. The molecule has 0 spiro atoms. The van der Waals surface area contributed by atoms with Gasteiger partial charge in [-0.15, -0.1) is 0 Å². The number of carbonyl (C=O) groups excluding carboxylic acids is 1. The van der Waals surface area contributed by atoms with E-state index in [2.05, 4.69) is 45.3 Å². The average molecular weight is 487 g/mol. The van der Waals surface area contributed by atoms with Crippen molar-refractivity contribution in [2.75, 3.05) is 34.4 Å². The molecule has 0 bridgehead atoms. The average Bonchev–Trinajstić information content (AvgIpc) is 3.11. The molecule has 166 valence electrons. The van der Waals surface area contributed by atoms with Gasteiger partial charge >= 0.3 is 0 Å². The van der Waals surface area contributed by atoms with Crippen molar-refractivity contribution < 1.29 is 14.3 Å². The first-order chi connectivity index (χ1) is 14.9. The van der Waals surface area contributed by atoms with Crippen molar-refractivity contribution in [2.45, 2.75) is 37.6 Å². The third-order valence-corrected chi connectivity index (χ3v) is 7.98. The number of carbonyl (C=O) groups is 1. The van der Waals surface area contributed by atoms with Gasteiger partial charge in [0.15, 0.2) is 11.5 Å². The number of nitrogens with one attached hydrogen (secondary N) is 1. The summed E-state index contributed by atoms with van der Waals surface area (Å²) in [5.74, 6) is 2.05. The van der Waals surface area contributed by atoms with E-state index in [4.69, 9.17) is 9.47 Å². The van der Waals surface area contributed by atoms with Crippen LogP contribution in [0.4, 0.5) is 0 Å². The van der Waals surface area contributed by atoms with Crippen LogP contribution in [-0.4, -0.2) is 51.2 Å². The molecule has 31 heavy (non-hydrogen) atoms. The van der Waals surface area contributed by atoms with Crippen LogP contribution < -0.4 is 14.8 Å². The van der Waals surface area contributed by atoms with E-state index in [-0.39, 0.29) is 17.4 Å². The van der Waals surface area contributed by atoms with Crippen LogP contribution in [0.15, 0.2) is 40.9 Å². The molecule has 2 aromatic rings. The number of benzene rings is 2. The van der Waals surface area contributed by atoms with Crippen molar-refractivity contribution in [2.24, 2.45) is 5.92 Å². The smallest absolute Gasteiger partial charge is 0.251 e. The zero-order valence-corrected chi connectivity index (χ0v) is 20.3. The molecule has 1 heterocycles. The topological polar surface area (TPSA) is 50.8 Å². The third-order valence-electron chi connectivity index (χ3n) is 7.09. The van der Waals surface area contributed by atoms with Crippen molar-refractivity contribution in [3.05, 3.63) is 57.6 Å². The molecule has 0 unspecified atom stereocenters. The molecule has 0 radical (unpaired) electrons. The van der Waals surface area contributed by atoms with Crippen molar-refractivity contribution in [1.82, 2.24) is 10.2 Å². The molecule has 1 saturated heterocycles. The summed E-state index contributed by atoms with van der Waals surface area (Å²) in [5.41, 5.74) is 3.19. The number of likely N-dealkylation sites (tertiary alicyclic amines) is 1. The number of likely N-dealkylation sites (N-methyl/N-ethyl adjacent to an activating group) is 1. The summed E-state index contributed by atoms with van der Waals surface area (Å²) in [4.78, 5) is 15.3. The molecule has 4 rings (SSSR count). The van der Waals surface area contributed by atoms with Gasteiger partial charge in [0.25, 0.3) is 5.91 Å². The minimum Gasteiger partial charge on any atom is -0.493 e. The number of amides is 1. The van der Waals surface area contributed by atoms with E-state index in [1.54, 1.807) is 14.2 Å². The quantitative estimate of drug-likeness (QED) is 0.672. The van der Waals surface area contributed by atoms with Gasteiger partial charge in [-0.2, -0.15) is 0 Å². The number of fused-ring (bicyclic) bond motifs is 1. The maximum Gasteiger partial charge on any atom is 0.251 e. The Morgan fingerprint density at radius 2 is 1.94 bits per heavy atom. The predicted molar refractivity (Wildman–Crippen MR) is 126 cm³/mol. The summed E-state index contributed by atoms with van der Waals surface area (Å²) in [5, 5.41) is 3.30. The van der Waals surface area contributed by atoms with Gasteiger partial charge in [0.1, 0.15) is 0 Å². The Balaban J connectivity index is 1.53. The summed E-state index contributed by atoms with van der Waals surface area (Å²) < 4.78 is 12.0. The Bertz CT molecular complexity index is 979. The van der Waals surface area contributed by atoms with Gasteiger partial charge in [0.05, 0.1) is 14.2 Å². The highest BCUT2D eigenvalue weighted by Gasteiger charge is 2.50. The lowest BCUT2D eigenvalue weighted by Crippen LogP contribution is -2.47. The standard InChI is InChI=1S/C25H31BrN2O3/c1-16-11-17(5-7-21(16)26)24(29)27-20-9-10-25(15-28(2)14-19(25)12-20)18-6-8-22(30-3)23(13-18)31-4/h5-8,11,13,19-20H,9-10,12,14-15H2,1-4H3,(H,27,29)/t19-,20+,25-/m1/s1. The molecule has 6 heteroatoms. The largest absolute Gasteiger partial charge is 0.493 e. The Kier molecular flexibility index (Phi) is 6.31. The molecule has 1 saturated carbocycles. The number of aryl methyl sites for hydroxylation is 1. The number of nitrogens with zero attached hydrogens (tertiary/aromatic N) is 1. The van der Waals surface area contributed by atoms with Gasteiger partial charge in [-0.25, -0.2) is 0 Å². The second kappa shape index (κ2) is 8.83. The molecule has 1 aliphatic heterocycles. The van der Waals surface area contributed by atoms with E-state index in [1.807, 2.05) is 31.2 Å². The van der Waals surface area contributed by atoms with Gasteiger partial charge in [-0.1, -0.05) is 22.0 Å². The number of rotatable bonds is 5. The van der Waals surface area contributed by atoms with E-state index in [9.17, 15) is 4.79 Å². The first kappa shape index (κ1) is 22.2. The molecule has 2 fully saturated rings. The third kappa shape index (κ3) is 4.20. The van der Waals surface area contributed by atoms with Gasteiger partial charge in [0.2, 0.25) is 0 Å². The van der Waals surface area contributed by atoms with Crippen molar-refractivity contribution in [1.29, 1.82) is 0 Å². The van der Waals surface area contributed by atoms with Gasteiger partial charge in [-0.3, -0.25) is 4.79 Å². The lowest BCUT2D eigenvalue weighted by Gasteiger charge is -2.43. The summed E-state index contributed by atoms with van der Waals surface area (Å²) >= 11 is 3.51. The molecule has 0 aromatic heterocycles. The predicted octanol–water partition coefficient (Wildman–Crippen LogP) is 4.56. The number of hydrogen-bond acceptors (Lipinski definition) is 4. The van der Waals surface area contributed by atoms with Gasteiger partial charge < -0.3 is 19.7 Å². The minimum atomic E-state index is 0.0190. The highest BCUT2D eigenvalue weighted by atomic mass is 79.9. The van der Waals surface area contributed by atoms with E-state index in [0.29, 0.717) is 5.92 Å². The fourth-order valence-electron chi connectivity index (χ4n) is 5.51. The van der Waals surface area contributed by atoms with E-state index < -0.39 is 0 Å². The number of halogens is 1. The van der Waals surface area contributed by atoms with Crippen molar-refractivity contribution in [3.63, 3.8) is 0 Å². The van der Waals surface area contributed by atoms with Gasteiger partial charge in [0, 0.05) is 34.6 Å². The molecule has 3 atom stereocenters. The number of methoxy groups -OCH3 is 2. The summed E-state index contributed by atoms with van der Waals surface area (Å²) in [7, 11) is 5.55. The fraction of sp³-hybridized carbons (Fsp3) is 0.480. The van der Waals surface area contributed by atoms with Crippen LogP contribution in [0.5, 0.6) is 11.5 Å². The summed E-state index contributed by atoms with van der Waals surface area (Å²) in [6, 6.07) is 12.3. The van der Waals surface area contributed by atoms with Crippen LogP contribution in [0.2, 0.25) is 0 Å². The zero-order valence-electron chi connectivity index (χ0n) is 18.7. The molecule has 1 N–H and O–H groups in total. The monoisotopic (exact) mass is 486 g/mol. The molecule has 1 aliphatic carbocycles. The van der Waals surface area contributed by atoms with E-state index in [1.165, 1.54) is 5.56 Å². The van der Waals surface area contributed by atoms with Crippen LogP contribution >= 0.6 is 15.9 Å². The van der Waals surface area contributed by atoms with E-state index in [0.717, 1.165) is 59.5 Å². The molecule has 1 amide bonds. The maximum atomic E-state index is 12.9. The lowest BCUT2D eigenvalue weighted by molar-refractivity contribution is 0.0904. The lowest BCUT2D eigenvalue weighted by atomic mass is 9.63. The Morgan fingerprint density at radius 3 is 2.65 bits per heavy atom. The SMILES string of the molecule is COc1ccc([C@]23CC[C@H](NC(=O)c4ccc(Br)c(C)c4)C[C@@H]2CN(C)C3)cc1OC. The van der Waals surface area contributed by atoms with Crippen LogP contribution in [0.25, 0.3) is 0 Å².